The van der Waals surface area contributed by atoms with Crippen LogP contribution >= 0.6 is 0 Å². The van der Waals surface area contributed by atoms with Crippen molar-refractivity contribution < 1.29 is 24.3 Å². The molecule has 1 aliphatic rings. The standard InChI is InChI=1S/C30H29N5O5/c1-19-15-22(24-6-2-3-7-26(24)32-19)18-40-23-10-8-20(9-11-23)28(36)33-27-17-35(14-12-25(27)29(37)34-39)30(38)21-5-4-13-31-16-21/h2-11,13,15-16,25,27,39H,12,14,17-18H2,1H3,(H,33,36)(H,34,37)/t25-,27+/m0/s1. The van der Waals surface area contributed by atoms with Gasteiger partial charge >= 0.3 is 0 Å². The van der Waals surface area contributed by atoms with Crippen molar-refractivity contribution in [2.24, 2.45) is 5.92 Å². The van der Waals surface area contributed by atoms with E-state index in [4.69, 9.17) is 4.74 Å². The molecule has 2 aromatic heterocycles. The second-order valence-electron chi connectivity index (χ2n) is 9.70. The monoisotopic (exact) mass is 539 g/mol. The molecule has 0 radical (unpaired) electrons. The molecule has 0 spiro atoms. The number of amides is 3. The zero-order valence-electron chi connectivity index (χ0n) is 21.9. The first-order valence-electron chi connectivity index (χ1n) is 12.9. The molecule has 2 atom stereocenters. The lowest BCUT2D eigenvalue weighted by Gasteiger charge is -2.37. The first-order valence-corrected chi connectivity index (χ1v) is 12.9. The molecule has 4 aromatic rings. The number of nitrogens with zero attached hydrogens (tertiary/aromatic N) is 3. The molecule has 1 fully saturated rings. The number of rotatable bonds is 7. The van der Waals surface area contributed by atoms with E-state index < -0.39 is 23.8 Å². The molecule has 0 aliphatic carbocycles. The van der Waals surface area contributed by atoms with Gasteiger partial charge in [0.05, 0.1) is 23.0 Å². The molecule has 204 valence electrons. The number of aromatic nitrogens is 2. The van der Waals surface area contributed by atoms with Gasteiger partial charge in [0.2, 0.25) is 5.91 Å². The van der Waals surface area contributed by atoms with Crippen LogP contribution < -0.4 is 15.5 Å². The van der Waals surface area contributed by atoms with E-state index in [0.29, 0.717) is 30.0 Å². The molecule has 10 nitrogen and oxygen atoms in total. The molecule has 3 N–H and O–H groups in total. The van der Waals surface area contributed by atoms with Crippen molar-refractivity contribution in [3.8, 4) is 5.75 Å². The molecular weight excluding hydrogens is 510 g/mol. The van der Waals surface area contributed by atoms with Crippen molar-refractivity contribution in [3.05, 3.63) is 102 Å². The van der Waals surface area contributed by atoms with E-state index in [1.807, 2.05) is 37.3 Å². The number of nitrogens with one attached hydrogen (secondary N) is 2. The average molecular weight is 540 g/mol. The van der Waals surface area contributed by atoms with Crippen LogP contribution in [0.2, 0.25) is 0 Å². The van der Waals surface area contributed by atoms with Crippen molar-refractivity contribution in [2.45, 2.75) is 26.0 Å². The van der Waals surface area contributed by atoms with Gasteiger partial charge in [-0.05, 0) is 61.9 Å². The number of para-hydroxylation sites is 1. The number of hydrogen-bond donors (Lipinski definition) is 3. The van der Waals surface area contributed by atoms with Crippen molar-refractivity contribution >= 4 is 28.6 Å². The quantitative estimate of drug-likeness (QED) is 0.242. The van der Waals surface area contributed by atoms with Crippen LogP contribution in [0.1, 0.15) is 38.4 Å². The van der Waals surface area contributed by atoms with Gasteiger partial charge in [-0.15, -0.1) is 0 Å². The topological polar surface area (TPSA) is 134 Å². The lowest BCUT2D eigenvalue weighted by atomic mass is 9.90. The first kappa shape index (κ1) is 26.8. The summed E-state index contributed by atoms with van der Waals surface area (Å²) in [7, 11) is 0. The smallest absolute Gasteiger partial charge is 0.255 e. The molecule has 1 aliphatic heterocycles. The van der Waals surface area contributed by atoms with E-state index in [9.17, 15) is 19.6 Å². The molecule has 3 heterocycles. The number of pyridine rings is 2. The van der Waals surface area contributed by atoms with Crippen LogP contribution in [0.5, 0.6) is 5.75 Å². The van der Waals surface area contributed by atoms with Gasteiger partial charge in [-0.1, -0.05) is 18.2 Å². The lowest BCUT2D eigenvalue weighted by molar-refractivity contribution is -0.135. The summed E-state index contributed by atoms with van der Waals surface area (Å²) < 4.78 is 6.00. The minimum atomic E-state index is -0.701. The molecule has 40 heavy (non-hydrogen) atoms. The predicted molar refractivity (Wildman–Crippen MR) is 147 cm³/mol. The number of benzene rings is 2. The van der Waals surface area contributed by atoms with E-state index >= 15 is 0 Å². The van der Waals surface area contributed by atoms with Gasteiger partial charge in [-0.2, -0.15) is 0 Å². The summed E-state index contributed by atoms with van der Waals surface area (Å²) >= 11 is 0. The highest BCUT2D eigenvalue weighted by Gasteiger charge is 2.37. The van der Waals surface area contributed by atoms with Crippen LogP contribution in [0.25, 0.3) is 10.9 Å². The van der Waals surface area contributed by atoms with Crippen LogP contribution in [0.4, 0.5) is 0 Å². The SMILES string of the molecule is Cc1cc(COc2ccc(C(=O)N[C@@H]3CN(C(=O)c4cccnc4)CC[C@@H]3C(=O)NO)cc2)c2ccccc2n1. The summed E-state index contributed by atoms with van der Waals surface area (Å²) in [6, 6.07) is 19.2. The second kappa shape index (κ2) is 11.9. The predicted octanol–water partition coefficient (Wildman–Crippen LogP) is 3.28. The summed E-state index contributed by atoms with van der Waals surface area (Å²) in [4.78, 5) is 48.5. The van der Waals surface area contributed by atoms with E-state index in [-0.39, 0.29) is 18.9 Å². The molecule has 5 rings (SSSR count). The summed E-state index contributed by atoms with van der Waals surface area (Å²) in [5, 5.41) is 13.1. The minimum absolute atomic E-state index is 0.109. The molecule has 2 aromatic carbocycles. The highest BCUT2D eigenvalue weighted by atomic mass is 16.5. The van der Waals surface area contributed by atoms with Gasteiger partial charge in [0.1, 0.15) is 12.4 Å². The largest absolute Gasteiger partial charge is 0.489 e. The summed E-state index contributed by atoms with van der Waals surface area (Å²) in [5.41, 5.74) is 5.30. The number of hydroxylamine groups is 1. The number of fused-ring (bicyclic) bond motifs is 1. The van der Waals surface area contributed by atoms with Crippen molar-refractivity contribution in [1.82, 2.24) is 25.7 Å². The van der Waals surface area contributed by atoms with Gasteiger partial charge in [0.15, 0.2) is 0 Å². The van der Waals surface area contributed by atoms with E-state index in [1.165, 1.54) is 6.20 Å². The normalized spacial score (nSPS) is 16.8. The Morgan fingerprint density at radius 3 is 2.60 bits per heavy atom. The average Bonchev–Trinajstić information content (AvgIpc) is 2.99. The Balaban J connectivity index is 1.25. The van der Waals surface area contributed by atoms with Crippen molar-refractivity contribution in [3.63, 3.8) is 0 Å². The van der Waals surface area contributed by atoms with Gasteiger partial charge in [-0.3, -0.25) is 29.6 Å². The fourth-order valence-corrected chi connectivity index (χ4v) is 4.98. The maximum absolute atomic E-state index is 13.1. The van der Waals surface area contributed by atoms with Crippen LogP contribution in [0.15, 0.2) is 79.1 Å². The summed E-state index contributed by atoms with van der Waals surface area (Å²) in [5.74, 6) is -1.36. The third-order valence-electron chi connectivity index (χ3n) is 7.01. The van der Waals surface area contributed by atoms with Crippen LogP contribution in [-0.4, -0.2) is 56.9 Å². The maximum Gasteiger partial charge on any atom is 0.255 e. The number of piperidine rings is 1. The summed E-state index contributed by atoms with van der Waals surface area (Å²) in [6.07, 6.45) is 3.33. The third-order valence-corrected chi connectivity index (χ3v) is 7.01. The minimum Gasteiger partial charge on any atom is -0.489 e. The Kier molecular flexibility index (Phi) is 7.97. The Morgan fingerprint density at radius 1 is 1.05 bits per heavy atom. The Labute approximate surface area is 231 Å². The third kappa shape index (κ3) is 5.92. The van der Waals surface area contributed by atoms with E-state index in [0.717, 1.165) is 22.2 Å². The van der Waals surface area contributed by atoms with Gasteiger partial charge in [-0.25, -0.2) is 5.48 Å². The van der Waals surface area contributed by atoms with Crippen LogP contribution in [0.3, 0.4) is 0 Å². The van der Waals surface area contributed by atoms with Crippen LogP contribution in [-0.2, 0) is 11.4 Å². The molecule has 10 heteroatoms. The molecule has 0 bridgehead atoms. The fraction of sp³-hybridized carbons (Fsp3) is 0.233. The van der Waals surface area contributed by atoms with Crippen molar-refractivity contribution in [1.29, 1.82) is 0 Å². The highest BCUT2D eigenvalue weighted by molar-refractivity contribution is 5.96. The number of carbonyl (C=O) groups is 3. The molecule has 0 saturated carbocycles. The molecular formula is C30H29N5O5. The molecule has 3 amide bonds. The summed E-state index contributed by atoms with van der Waals surface area (Å²) in [6.45, 7) is 2.70. The second-order valence-corrected chi connectivity index (χ2v) is 9.70. The maximum atomic E-state index is 13.1. The number of aryl methyl sites for hydroxylation is 1. The van der Waals surface area contributed by atoms with Gasteiger partial charge < -0.3 is 15.0 Å². The zero-order valence-corrected chi connectivity index (χ0v) is 21.9. The Bertz CT molecular complexity index is 1530. The lowest BCUT2D eigenvalue weighted by Crippen LogP contribution is -2.57. The van der Waals surface area contributed by atoms with Crippen LogP contribution in [0, 0.1) is 12.8 Å². The molecule has 1 saturated heterocycles. The first-order chi connectivity index (χ1) is 19.4. The number of hydrogen-bond acceptors (Lipinski definition) is 7. The highest BCUT2D eigenvalue weighted by Crippen LogP contribution is 2.23. The molecule has 0 unspecified atom stereocenters. The van der Waals surface area contributed by atoms with Crippen molar-refractivity contribution in [2.75, 3.05) is 13.1 Å². The zero-order chi connectivity index (χ0) is 28.1. The van der Waals surface area contributed by atoms with E-state index in [2.05, 4.69) is 15.3 Å². The number of carbonyl (C=O) groups excluding carboxylic acids is 3. The number of ether oxygens (including phenoxy) is 1. The van der Waals surface area contributed by atoms with Gasteiger partial charge in [0, 0.05) is 47.7 Å². The van der Waals surface area contributed by atoms with E-state index in [1.54, 1.807) is 53.0 Å². The Hall–Kier alpha value is -4.83. The van der Waals surface area contributed by atoms with Gasteiger partial charge in [0.25, 0.3) is 11.8 Å². The Morgan fingerprint density at radius 2 is 1.85 bits per heavy atom. The fourth-order valence-electron chi connectivity index (χ4n) is 4.98. The number of likely N-dealkylation sites (tertiary alicyclic amines) is 1.